The zero-order valence-corrected chi connectivity index (χ0v) is 23.5. The molecule has 204 valence electrons. The lowest BCUT2D eigenvalue weighted by molar-refractivity contribution is -0.116. The molecule has 1 fully saturated rings. The summed E-state index contributed by atoms with van der Waals surface area (Å²) in [6, 6.07) is 13.5. The van der Waals surface area contributed by atoms with Crippen LogP contribution in [0.4, 0.5) is 10.5 Å². The lowest BCUT2D eigenvalue weighted by atomic mass is 10.0. The lowest BCUT2D eigenvalue weighted by Gasteiger charge is -2.29. The smallest absolute Gasteiger partial charge is 0.302 e. The molecule has 1 aliphatic carbocycles. The highest BCUT2D eigenvalue weighted by atomic mass is 32.2. The van der Waals surface area contributed by atoms with Crippen LogP contribution in [-0.2, 0) is 11.3 Å². The summed E-state index contributed by atoms with van der Waals surface area (Å²) < 4.78 is 11.9. The van der Waals surface area contributed by atoms with E-state index in [9.17, 15) is 9.59 Å². The molecule has 2 aromatic carbocycles. The summed E-state index contributed by atoms with van der Waals surface area (Å²) in [6.45, 7) is 4.56. The first-order chi connectivity index (χ1) is 18.5. The molecule has 0 bridgehead atoms. The first kappa shape index (κ1) is 28.0. The maximum atomic E-state index is 13.0. The SMILES string of the molecule is CCCCCC(=O)Nc1ccc(CN2N=C(c3ccc(OC)c(OC4CCCC4)c3)C(CC)SC2=O)cc1. The molecule has 0 spiro atoms. The average molecular weight is 538 g/mol. The fraction of sp³-hybridized carbons (Fsp3) is 0.500. The molecular formula is C30H39N3O4S. The highest BCUT2D eigenvalue weighted by molar-refractivity contribution is 8.14. The Morgan fingerprint density at radius 3 is 2.53 bits per heavy atom. The summed E-state index contributed by atoms with van der Waals surface area (Å²) >= 11 is 1.31. The number of hydrogen-bond donors (Lipinski definition) is 1. The summed E-state index contributed by atoms with van der Waals surface area (Å²) in [5, 5.41) is 9.22. The summed E-state index contributed by atoms with van der Waals surface area (Å²) in [5.74, 6) is 1.47. The van der Waals surface area contributed by atoms with Crippen LogP contribution in [-0.4, -0.2) is 40.3 Å². The fourth-order valence-corrected chi connectivity index (χ4v) is 5.77. The molecule has 2 amide bonds. The van der Waals surface area contributed by atoms with Crippen molar-refractivity contribution in [3.8, 4) is 11.5 Å². The van der Waals surface area contributed by atoms with Gasteiger partial charge in [-0.1, -0.05) is 50.6 Å². The Labute approximate surface area is 230 Å². The van der Waals surface area contributed by atoms with Gasteiger partial charge in [-0.05, 0) is 74.4 Å². The van der Waals surface area contributed by atoms with Crippen molar-refractivity contribution in [3.63, 3.8) is 0 Å². The summed E-state index contributed by atoms with van der Waals surface area (Å²) in [5.41, 5.74) is 3.52. The van der Waals surface area contributed by atoms with Crippen LogP contribution in [0.5, 0.6) is 11.5 Å². The molecule has 1 atom stereocenters. The highest BCUT2D eigenvalue weighted by Gasteiger charge is 2.31. The Morgan fingerprint density at radius 1 is 1.08 bits per heavy atom. The van der Waals surface area contributed by atoms with Gasteiger partial charge in [0.25, 0.3) is 0 Å². The van der Waals surface area contributed by atoms with Gasteiger partial charge in [0.15, 0.2) is 11.5 Å². The monoisotopic (exact) mass is 537 g/mol. The molecule has 7 nitrogen and oxygen atoms in total. The maximum absolute atomic E-state index is 13.0. The van der Waals surface area contributed by atoms with Crippen LogP contribution in [0.3, 0.4) is 0 Å². The second-order valence-corrected chi connectivity index (χ2v) is 11.1. The largest absolute Gasteiger partial charge is 0.493 e. The second kappa shape index (κ2) is 13.7. The molecule has 4 rings (SSSR count). The van der Waals surface area contributed by atoms with E-state index in [2.05, 4.69) is 19.2 Å². The minimum atomic E-state index is -0.0650. The van der Waals surface area contributed by atoms with Crippen LogP contribution < -0.4 is 14.8 Å². The van der Waals surface area contributed by atoms with Crippen LogP contribution in [0.1, 0.15) is 82.8 Å². The minimum absolute atomic E-state index is 0.0308. The third-order valence-electron chi connectivity index (χ3n) is 6.99. The molecule has 1 unspecified atom stereocenters. The fourth-order valence-electron chi connectivity index (χ4n) is 4.83. The van der Waals surface area contributed by atoms with Crippen molar-refractivity contribution in [2.24, 2.45) is 5.10 Å². The number of carbonyl (C=O) groups excluding carboxylic acids is 2. The van der Waals surface area contributed by atoms with Crippen molar-refractivity contribution < 1.29 is 19.1 Å². The van der Waals surface area contributed by atoms with Crippen molar-refractivity contribution in [2.45, 2.75) is 89.5 Å². The molecule has 0 radical (unpaired) electrons. The molecule has 1 heterocycles. The van der Waals surface area contributed by atoms with Crippen LogP contribution in [0.25, 0.3) is 0 Å². The molecule has 1 N–H and O–H groups in total. The van der Waals surface area contributed by atoms with Crippen molar-refractivity contribution in [1.29, 1.82) is 0 Å². The van der Waals surface area contributed by atoms with E-state index in [4.69, 9.17) is 14.6 Å². The second-order valence-electron chi connectivity index (χ2n) is 9.92. The number of ether oxygens (including phenoxy) is 2. The zero-order chi connectivity index (χ0) is 26.9. The summed E-state index contributed by atoms with van der Waals surface area (Å²) in [7, 11) is 1.66. The van der Waals surface area contributed by atoms with Crippen molar-refractivity contribution in [3.05, 3.63) is 53.6 Å². The van der Waals surface area contributed by atoms with Gasteiger partial charge in [-0.3, -0.25) is 9.59 Å². The van der Waals surface area contributed by atoms with Crippen LogP contribution >= 0.6 is 11.8 Å². The van der Waals surface area contributed by atoms with Crippen LogP contribution in [0.2, 0.25) is 0 Å². The Bertz CT molecular complexity index is 1130. The van der Waals surface area contributed by atoms with E-state index in [1.807, 2.05) is 42.5 Å². The van der Waals surface area contributed by atoms with Gasteiger partial charge in [0.1, 0.15) is 0 Å². The quantitative estimate of drug-likeness (QED) is 0.286. The predicted molar refractivity (Wildman–Crippen MR) is 154 cm³/mol. The molecule has 1 aliphatic heterocycles. The van der Waals surface area contributed by atoms with E-state index in [-0.39, 0.29) is 22.5 Å². The number of nitrogens with zero attached hydrogens (tertiary/aromatic N) is 2. The van der Waals surface area contributed by atoms with Crippen molar-refractivity contribution in [2.75, 3.05) is 12.4 Å². The molecule has 8 heteroatoms. The number of hydrogen-bond acceptors (Lipinski definition) is 6. The predicted octanol–water partition coefficient (Wildman–Crippen LogP) is 7.39. The zero-order valence-electron chi connectivity index (χ0n) is 22.7. The topological polar surface area (TPSA) is 80.2 Å². The minimum Gasteiger partial charge on any atom is -0.493 e. The average Bonchev–Trinajstić information content (AvgIpc) is 3.44. The molecule has 0 saturated heterocycles. The number of thioether (sulfide) groups is 1. The Hall–Kier alpha value is -3.00. The number of methoxy groups -OCH3 is 1. The van der Waals surface area contributed by atoms with E-state index in [0.29, 0.717) is 18.7 Å². The van der Waals surface area contributed by atoms with E-state index in [0.717, 1.165) is 66.8 Å². The molecular weight excluding hydrogens is 498 g/mol. The highest BCUT2D eigenvalue weighted by Crippen LogP contribution is 2.36. The van der Waals surface area contributed by atoms with Gasteiger partial charge in [0.05, 0.1) is 30.7 Å². The number of benzene rings is 2. The van der Waals surface area contributed by atoms with Crippen LogP contribution in [0, 0.1) is 0 Å². The molecule has 0 aromatic heterocycles. The Kier molecular flexibility index (Phi) is 10.1. The normalized spacial score (nSPS) is 17.9. The molecule has 2 aliphatic rings. The van der Waals surface area contributed by atoms with Gasteiger partial charge in [-0.15, -0.1) is 0 Å². The van der Waals surface area contributed by atoms with Crippen molar-refractivity contribution >= 4 is 34.3 Å². The summed E-state index contributed by atoms with van der Waals surface area (Å²) in [4.78, 5) is 25.1. The standard InChI is InChI=1S/C30H39N3O4S/c1-4-6-7-12-28(34)31-23-16-13-21(14-17-23)20-33-30(35)38-27(5-2)29(32-33)22-15-18-25(36-3)26(19-22)37-24-10-8-9-11-24/h13-19,24,27H,4-12,20H2,1-3H3,(H,31,34). The van der Waals surface area contributed by atoms with E-state index >= 15 is 0 Å². The first-order valence-electron chi connectivity index (χ1n) is 13.8. The van der Waals surface area contributed by atoms with Gasteiger partial charge in [-0.2, -0.15) is 5.10 Å². The number of hydrazone groups is 1. The number of unbranched alkanes of at least 4 members (excludes halogenated alkanes) is 2. The number of anilines is 1. The van der Waals surface area contributed by atoms with Crippen LogP contribution in [0.15, 0.2) is 47.6 Å². The number of carbonyl (C=O) groups is 2. The molecule has 38 heavy (non-hydrogen) atoms. The van der Waals surface area contributed by atoms with Gasteiger partial charge in [0.2, 0.25) is 5.91 Å². The molecule has 1 saturated carbocycles. The third-order valence-corrected chi connectivity index (χ3v) is 8.24. The Morgan fingerprint density at radius 2 is 1.84 bits per heavy atom. The Balaban J connectivity index is 1.49. The maximum Gasteiger partial charge on any atom is 0.302 e. The summed E-state index contributed by atoms with van der Waals surface area (Å²) in [6.07, 6.45) is 9.09. The third kappa shape index (κ3) is 7.31. The van der Waals surface area contributed by atoms with Gasteiger partial charge in [0, 0.05) is 17.7 Å². The van der Waals surface area contributed by atoms with Crippen molar-refractivity contribution in [1.82, 2.24) is 5.01 Å². The lowest BCUT2D eigenvalue weighted by Crippen LogP contribution is -2.34. The van der Waals surface area contributed by atoms with Gasteiger partial charge < -0.3 is 14.8 Å². The van der Waals surface area contributed by atoms with Gasteiger partial charge in [-0.25, -0.2) is 5.01 Å². The van der Waals surface area contributed by atoms with E-state index in [1.54, 1.807) is 7.11 Å². The van der Waals surface area contributed by atoms with E-state index < -0.39 is 0 Å². The van der Waals surface area contributed by atoms with E-state index in [1.165, 1.54) is 29.6 Å². The molecule has 2 aromatic rings. The number of nitrogens with one attached hydrogen (secondary N) is 1. The number of rotatable bonds is 12. The number of amides is 2. The van der Waals surface area contributed by atoms with Gasteiger partial charge >= 0.3 is 5.24 Å². The first-order valence-corrected chi connectivity index (χ1v) is 14.7.